The van der Waals surface area contributed by atoms with Crippen molar-refractivity contribution >= 4 is 5.91 Å². The smallest absolute Gasteiger partial charge is 0.272 e. The molecular formula is C15H16FN3O3. The SMILES string of the molecule is COc1ccc(C(C)NC(=O)c2ccc(=O)n(C)n2)cc1F. The van der Waals surface area contributed by atoms with E-state index in [1.54, 1.807) is 13.0 Å². The van der Waals surface area contributed by atoms with Crippen LogP contribution in [-0.2, 0) is 7.05 Å². The highest BCUT2D eigenvalue weighted by Crippen LogP contribution is 2.21. The number of halogens is 1. The number of carbonyl (C=O) groups excluding carboxylic acids is 1. The van der Waals surface area contributed by atoms with Crippen LogP contribution in [0.25, 0.3) is 0 Å². The molecule has 2 aromatic rings. The number of hydrogen-bond donors (Lipinski definition) is 1. The highest BCUT2D eigenvalue weighted by molar-refractivity contribution is 5.92. The van der Waals surface area contributed by atoms with Gasteiger partial charge in [0.15, 0.2) is 11.6 Å². The van der Waals surface area contributed by atoms with E-state index in [-0.39, 0.29) is 17.0 Å². The topological polar surface area (TPSA) is 73.2 Å². The van der Waals surface area contributed by atoms with Gasteiger partial charge in [0.1, 0.15) is 5.69 Å². The Labute approximate surface area is 126 Å². The van der Waals surface area contributed by atoms with Crippen LogP contribution >= 0.6 is 0 Å². The number of carbonyl (C=O) groups is 1. The molecule has 0 aliphatic heterocycles. The lowest BCUT2D eigenvalue weighted by molar-refractivity contribution is 0.0932. The highest BCUT2D eigenvalue weighted by atomic mass is 19.1. The van der Waals surface area contributed by atoms with Crippen LogP contribution in [0.15, 0.2) is 35.1 Å². The van der Waals surface area contributed by atoms with E-state index in [1.807, 2.05) is 0 Å². The largest absolute Gasteiger partial charge is 0.494 e. The lowest BCUT2D eigenvalue weighted by Crippen LogP contribution is -2.30. The summed E-state index contributed by atoms with van der Waals surface area (Å²) in [5, 5.41) is 6.56. The van der Waals surface area contributed by atoms with Crippen LogP contribution in [0.1, 0.15) is 29.0 Å². The van der Waals surface area contributed by atoms with Crippen molar-refractivity contribution in [2.45, 2.75) is 13.0 Å². The monoisotopic (exact) mass is 305 g/mol. The average molecular weight is 305 g/mol. The molecule has 1 N–H and O–H groups in total. The summed E-state index contributed by atoms with van der Waals surface area (Å²) in [6.07, 6.45) is 0. The van der Waals surface area contributed by atoms with Gasteiger partial charge in [-0.05, 0) is 30.7 Å². The Balaban J connectivity index is 2.15. The molecule has 0 saturated carbocycles. The standard InChI is InChI=1S/C15H16FN3O3/c1-9(10-4-6-13(22-3)11(16)8-10)17-15(21)12-5-7-14(20)19(2)18-12/h4-9H,1-3H3,(H,17,21). The molecule has 1 amide bonds. The Kier molecular flexibility index (Phi) is 4.55. The molecular weight excluding hydrogens is 289 g/mol. The van der Waals surface area contributed by atoms with Crippen molar-refractivity contribution in [2.75, 3.05) is 7.11 Å². The summed E-state index contributed by atoms with van der Waals surface area (Å²) in [4.78, 5) is 23.3. The second-order valence-corrected chi connectivity index (χ2v) is 4.77. The van der Waals surface area contributed by atoms with E-state index in [2.05, 4.69) is 10.4 Å². The molecule has 7 heteroatoms. The van der Waals surface area contributed by atoms with E-state index in [0.717, 1.165) is 4.68 Å². The summed E-state index contributed by atoms with van der Waals surface area (Å²) in [5.74, 6) is -0.803. The Bertz CT molecular complexity index is 758. The van der Waals surface area contributed by atoms with Crippen molar-refractivity contribution in [1.82, 2.24) is 15.1 Å². The number of nitrogens with zero attached hydrogens (tertiary/aromatic N) is 2. The number of nitrogens with one attached hydrogen (secondary N) is 1. The molecule has 1 aromatic heterocycles. The maximum atomic E-state index is 13.7. The first-order valence-electron chi connectivity index (χ1n) is 6.61. The maximum absolute atomic E-state index is 13.7. The van der Waals surface area contributed by atoms with Crippen LogP contribution in [0.2, 0.25) is 0 Å². The summed E-state index contributed by atoms with van der Waals surface area (Å²) >= 11 is 0. The maximum Gasteiger partial charge on any atom is 0.272 e. The van der Waals surface area contributed by atoms with Crippen molar-refractivity contribution in [3.8, 4) is 5.75 Å². The number of methoxy groups -OCH3 is 1. The molecule has 0 radical (unpaired) electrons. The van der Waals surface area contributed by atoms with Gasteiger partial charge in [-0.3, -0.25) is 9.59 Å². The van der Waals surface area contributed by atoms with Crippen molar-refractivity contribution in [1.29, 1.82) is 0 Å². The van der Waals surface area contributed by atoms with Crippen LogP contribution in [0.5, 0.6) is 5.75 Å². The third kappa shape index (κ3) is 3.30. The highest BCUT2D eigenvalue weighted by Gasteiger charge is 2.15. The quantitative estimate of drug-likeness (QED) is 0.927. The van der Waals surface area contributed by atoms with Crippen LogP contribution in [-0.4, -0.2) is 22.8 Å². The predicted octanol–water partition coefficient (Wildman–Crippen LogP) is 1.42. The van der Waals surface area contributed by atoms with Gasteiger partial charge in [-0.1, -0.05) is 6.07 Å². The van der Waals surface area contributed by atoms with Crippen LogP contribution in [0.3, 0.4) is 0 Å². The van der Waals surface area contributed by atoms with Gasteiger partial charge in [0.2, 0.25) is 0 Å². The molecule has 1 heterocycles. The summed E-state index contributed by atoms with van der Waals surface area (Å²) in [6, 6.07) is 6.65. The number of aryl methyl sites for hydroxylation is 1. The van der Waals surface area contributed by atoms with Gasteiger partial charge in [-0.25, -0.2) is 9.07 Å². The number of ether oxygens (including phenoxy) is 1. The molecule has 0 aliphatic rings. The third-order valence-electron chi connectivity index (χ3n) is 3.22. The fourth-order valence-corrected chi connectivity index (χ4v) is 1.93. The van der Waals surface area contributed by atoms with Gasteiger partial charge < -0.3 is 10.1 Å². The van der Waals surface area contributed by atoms with Gasteiger partial charge in [-0.2, -0.15) is 5.10 Å². The van der Waals surface area contributed by atoms with Gasteiger partial charge in [0.05, 0.1) is 13.2 Å². The van der Waals surface area contributed by atoms with Gasteiger partial charge >= 0.3 is 0 Å². The molecule has 1 unspecified atom stereocenters. The normalized spacial score (nSPS) is 11.8. The van der Waals surface area contributed by atoms with Crippen LogP contribution in [0.4, 0.5) is 4.39 Å². The van der Waals surface area contributed by atoms with E-state index < -0.39 is 17.8 Å². The van der Waals surface area contributed by atoms with Crippen LogP contribution in [0, 0.1) is 5.82 Å². The van der Waals surface area contributed by atoms with Gasteiger partial charge in [0, 0.05) is 13.1 Å². The molecule has 1 aromatic carbocycles. The first kappa shape index (κ1) is 15.7. The second kappa shape index (κ2) is 6.38. The Morgan fingerprint density at radius 2 is 2.09 bits per heavy atom. The predicted molar refractivity (Wildman–Crippen MR) is 78.3 cm³/mol. The molecule has 22 heavy (non-hydrogen) atoms. The van der Waals surface area contributed by atoms with Crippen molar-refractivity contribution in [3.63, 3.8) is 0 Å². The van der Waals surface area contributed by atoms with Crippen molar-refractivity contribution in [2.24, 2.45) is 7.05 Å². The minimum absolute atomic E-state index is 0.114. The zero-order valence-electron chi connectivity index (χ0n) is 12.5. The van der Waals surface area contributed by atoms with E-state index in [4.69, 9.17) is 4.74 Å². The lowest BCUT2D eigenvalue weighted by atomic mass is 10.1. The first-order chi connectivity index (χ1) is 10.4. The number of hydrogen-bond acceptors (Lipinski definition) is 4. The molecule has 0 bridgehead atoms. The summed E-state index contributed by atoms with van der Waals surface area (Å²) in [5.41, 5.74) is 0.404. The average Bonchev–Trinajstić information content (AvgIpc) is 2.49. The lowest BCUT2D eigenvalue weighted by Gasteiger charge is -2.15. The molecule has 0 saturated heterocycles. The second-order valence-electron chi connectivity index (χ2n) is 4.77. The third-order valence-corrected chi connectivity index (χ3v) is 3.22. The molecule has 0 aliphatic carbocycles. The zero-order valence-corrected chi connectivity index (χ0v) is 12.5. The number of benzene rings is 1. The van der Waals surface area contributed by atoms with Gasteiger partial charge in [-0.15, -0.1) is 0 Å². The zero-order chi connectivity index (χ0) is 16.3. The number of aromatic nitrogens is 2. The van der Waals surface area contributed by atoms with Crippen molar-refractivity contribution < 1.29 is 13.9 Å². The van der Waals surface area contributed by atoms with Gasteiger partial charge in [0.25, 0.3) is 11.5 Å². The van der Waals surface area contributed by atoms with E-state index in [1.165, 1.54) is 38.4 Å². The molecule has 0 fully saturated rings. The Morgan fingerprint density at radius 1 is 1.36 bits per heavy atom. The molecule has 1 atom stereocenters. The van der Waals surface area contributed by atoms with E-state index in [0.29, 0.717) is 5.56 Å². The van der Waals surface area contributed by atoms with E-state index in [9.17, 15) is 14.0 Å². The van der Waals surface area contributed by atoms with E-state index >= 15 is 0 Å². The minimum Gasteiger partial charge on any atom is -0.494 e. The summed E-state index contributed by atoms with van der Waals surface area (Å²) in [6.45, 7) is 1.72. The molecule has 0 spiro atoms. The van der Waals surface area contributed by atoms with Crippen LogP contribution < -0.4 is 15.6 Å². The molecule has 116 valence electrons. The fourth-order valence-electron chi connectivity index (χ4n) is 1.93. The number of amides is 1. The fraction of sp³-hybridized carbons (Fsp3) is 0.267. The first-order valence-corrected chi connectivity index (χ1v) is 6.61. The minimum atomic E-state index is -0.499. The Morgan fingerprint density at radius 3 is 2.68 bits per heavy atom. The Hall–Kier alpha value is -2.70. The van der Waals surface area contributed by atoms with Crippen molar-refractivity contribution in [3.05, 3.63) is 57.8 Å². The molecule has 6 nitrogen and oxygen atoms in total. The summed E-state index contributed by atoms with van der Waals surface area (Å²) < 4.78 is 19.6. The molecule has 2 rings (SSSR count). The number of rotatable bonds is 4. The summed E-state index contributed by atoms with van der Waals surface area (Å²) in [7, 11) is 2.84.